The highest BCUT2D eigenvalue weighted by molar-refractivity contribution is 6.30. The molecule has 0 aliphatic heterocycles. The third-order valence-corrected chi connectivity index (χ3v) is 4.92. The second-order valence-corrected chi connectivity index (χ2v) is 7.05. The molecule has 0 aliphatic rings. The molecule has 29 heavy (non-hydrogen) atoms. The Kier molecular flexibility index (Phi) is 5.95. The van der Waals surface area contributed by atoms with Crippen molar-refractivity contribution in [3.8, 4) is 17.3 Å². The molecule has 3 rings (SSSR count). The molecule has 1 amide bonds. The van der Waals surface area contributed by atoms with E-state index in [0.717, 1.165) is 12.1 Å². The number of H-pyrrole nitrogens is 1. The normalized spacial score (nSPS) is 12.8. The van der Waals surface area contributed by atoms with Gasteiger partial charge in [-0.15, -0.1) is 0 Å². The lowest BCUT2D eigenvalue weighted by Crippen LogP contribution is -2.32. The van der Waals surface area contributed by atoms with Crippen molar-refractivity contribution in [1.29, 1.82) is 5.26 Å². The summed E-state index contributed by atoms with van der Waals surface area (Å²) < 4.78 is 28.3. The summed E-state index contributed by atoms with van der Waals surface area (Å²) in [6.07, 6.45) is 1.24. The molecule has 0 aliphatic carbocycles. The van der Waals surface area contributed by atoms with Gasteiger partial charge in [0.25, 0.3) is 5.91 Å². The second kappa shape index (κ2) is 8.41. The number of hydrogen-bond donors (Lipinski definition) is 2. The number of carbonyl (C=O) groups is 1. The Hall–Kier alpha value is -3.24. The number of rotatable bonds is 5. The van der Waals surface area contributed by atoms with Gasteiger partial charge in [-0.3, -0.25) is 9.89 Å². The fraction of sp³-hybridized carbons (Fsp3) is 0.190. The van der Waals surface area contributed by atoms with E-state index in [1.54, 1.807) is 31.2 Å². The summed E-state index contributed by atoms with van der Waals surface area (Å²) in [5.74, 6) is -2.43. The molecule has 0 saturated carbocycles. The first-order chi connectivity index (χ1) is 13.8. The standard InChI is InChI=1S/C21H17ClF2N4O/c1-11(9-25)19(13-4-3-5-14(22)8-13)27-21(29)15-10-26-28-20(15)18-12(2)16(23)6-7-17(18)24/h3-8,10-11,19H,1-2H3,(H,26,28)(H,27,29)/t11-,19+/m1/s1. The summed E-state index contributed by atoms with van der Waals surface area (Å²) in [6, 6.07) is 10.3. The van der Waals surface area contributed by atoms with Crippen LogP contribution in [0.25, 0.3) is 11.3 Å². The predicted molar refractivity (Wildman–Crippen MR) is 105 cm³/mol. The van der Waals surface area contributed by atoms with Crippen molar-refractivity contribution in [1.82, 2.24) is 15.5 Å². The van der Waals surface area contributed by atoms with Crippen LogP contribution in [0.1, 0.15) is 34.5 Å². The number of amides is 1. The van der Waals surface area contributed by atoms with Crippen LogP contribution in [0, 0.1) is 35.8 Å². The maximum absolute atomic E-state index is 14.4. The van der Waals surface area contributed by atoms with Gasteiger partial charge < -0.3 is 5.32 Å². The average Bonchev–Trinajstić information content (AvgIpc) is 3.18. The smallest absolute Gasteiger partial charge is 0.255 e. The summed E-state index contributed by atoms with van der Waals surface area (Å²) in [4.78, 5) is 13.0. The number of hydrogen-bond acceptors (Lipinski definition) is 3. The van der Waals surface area contributed by atoms with Crippen molar-refractivity contribution in [2.75, 3.05) is 0 Å². The van der Waals surface area contributed by atoms with Gasteiger partial charge in [0.15, 0.2) is 0 Å². The van der Waals surface area contributed by atoms with Crippen LogP contribution >= 0.6 is 11.6 Å². The van der Waals surface area contributed by atoms with E-state index >= 15 is 0 Å². The molecule has 1 aromatic heterocycles. The van der Waals surface area contributed by atoms with Crippen molar-refractivity contribution in [3.63, 3.8) is 0 Å². The summed E-state index contributed by atoms with van der Waals surface area (Å²) in [7, 11) is 0. The Balaban J connectivity index is 1.99. The third kappa shape index (κ3) is 4.13. The molecule has 2 aromatic carbocycles. The van der Waals surface area contributed by atoms with Crippen LogP contribution < -0.4 is 5.32 Å². The lowest BCUT2D eigenvalue weighted by atomic mass is 9.95. The molecule has 5 nitrogen and oxygen atoms in total. The van der Waals surface area contributed by atoms with E-state index in [0.29, 0.717) is 10.6 Å². The van der Waals surface area contributed by atoms with E-state index in [1.165, 1.54) is 13.1 Å². The molecule has 0 spiro atoms. The van der Waals surface area contributed by atoms with E-state index in [-0.39, 0.29) is 22.4 Å². The lowest BCUT2D eigenvalue weighted by Gasteiger charge is -2.21. The molecule has 2 N–H and O–H groups in total. The predicted octanol–water partition coefficient (Wildman–Crippen LogP) is 4.95. The fourth-order valence-electron chi connectivity index (χ4n) is 3.10. The number of aromatic nitrogens is 2. The monoisotopic (exact) mass is 414 g/mol. The van der Waals surface area contributed by atoms with E-state index < -0.39 is 29.5 Å². The van der Waals surface area contributed by atoms with Crippen LogP contribution in [0.4, 0.5) is 8.78 Å². The molecule has 1 heterocycles. The SMILES string of the molecule is Cc1c(F)ccc(F)c1-c1[nH]ncc1C(=O)N[C@H](c1cccc(Cl)c1)[C@H](C)C#N. The number of nitrogens with one attached hydrogen (secondary N) is 2. The van der Waals surface area contributed by atoms with Crippen molar-refractivity contribution < 1.29 is 13.6 Å². The van der Waals surface area contributed by atoms with Crippen LogP contribution in [0.5, 0.6) is 0 Å². The number of benzene rings is 2. The Morgan fingerprint density at radius 3 is 2.69 bits per heavy atom. The number of nitriles is 1. The molecule has 0 radical (unpaired) electrons. The molecule has 3 aromatic rings. The van der Waals surface area contributed by atoms with Gasteiger partial charge in [-0.25, -0.2) is 8.78 Å². The van der Waals surface area contributed by atoms with Crippen LogP contribution in [0.2, 0.25) is 5.02 Å². The van der Waals surface area contributed by atoms with Crippen LogP contribution in [-0.2, 0) is 0 Å². The first-order valence-corrected chi connectivity index (χ1v) is 9.15. The number of carbonyl (C=O) groups excluding carboxylic acids is 1. The number of nitrogens with zero attached hydrogens (tertiary/aromatic N) is 2. The lowest BCUT2D eigenvalue weighted by molar-refractivity contribution is 0.0930. The Morgan fingerprint density at radius 1 is 1.28 bits per heavy atom. The highest BCUT2D eigenvalue weighted by atomic mass is 35.5. The van der Waals surface area contributed by atoms with Crippen LogP contribution in [-0.4, -0.2) is 16.1 Å². The zero-order chi connectivity index (χ0) is 21.1. The number of aromatic amines is 1. The van der Waals surface area contributed by atoms with Gasteiger partial charge in [-0.2, -0.15) is 10.4 Å². The molecule has 0 bridgehead atoms. The highest BCUT2D eigenvalue weighted by Crippen LogP contribution is 2.30. The topological polar surface area (TPSA) is 81.6 Å². The maximum Gasteiger partial charge on any atom is 0.255 e. The van der Waals surface area contributed by atoms with Gasteiger partial charge >= 0.3 is 0 Å². The van der Waals surface area contributed by atoms with Gasteiger partial charge in [0, 0.05) is 10.6 Å². The van der Waals surface area contributed by atoms with Crippen molar-refractivity contribution >= 4 is 17.5 Å². The van der Waals surface area contributed by atoms with E-state index in [1.807, 2.05) is 0 Å². The fourth-order valence-corrected chi connectivity index (χ4v) is 3.30. The Labute approximate surface area is 171 Å². The molecular weight excluding hydrogens is 398 g/mol. The summed E-state index contributed by atoms with van der Waals surface area (Å²) in [6.45, 7) is 3.08. The Bertz CT molecular complexity index is 1110. The number of halogens is 3. The molecule has 2 atom stereocenters. The minimum absolute atomic E-state index is 0.0368. The van der Waals surface area contributed by atoms with Gasteiger partial charge in [-0.1, -0.05) is 23.7 Å². The summed E-state index contributed by atoms with van der Waals surface area (Å²) in [5.41, 5.74) is 0.736. The first-order valence-electron chi connectivity index (χ1n) is 8.77. The molecule has 0 fully saturated rings. The molecule has 0 saturated heterocycles. The van der Waals surface area contributed by atoms with Gasteiger partial charge in [0.05, 0.1) is 35.5 Å². The molecule has 0 unspecified atom stereocenters. The summed E-state index contributed by atoms with van der Waals surface area (Å²) >= 11 is 6.04. The molecule has 148 valence electrons. The van der Waals surface area contributed by atoms with E-state index in [9.17, 15) is 18.8 Å². The largest absolute Gasteiger partial charge is 0.344 e. The first kappa shape index (κ1) is 20.5. The van der Waals surface area contributed by atoms with Crippen LogP contribution in [0.3, 0.4) is 0 Å². The zero-order valence-electron chi connectivity index (χ0n) is 15.6. The maximum atomic E-state index is 14.4. The third-order valence-electron chi connectivity index (χ3n) is 4.68. The second-order valence-electron chi connectivity index (χ2n) is 6.61. The summed E-state index contributed by atoms with van der Waals surface area (Å²) in [5, 5.41) is 19.0. The molecular formula is C21H17ClF2N4O. The van der Waals surface area contributed by atoms with E-state index in [4.69, 9.17) is 11.6 Å². The van der Waals surface area contributed by atoms with Gasteiger partial charge in [0.1, 0.15) is 11.6 Å². The minimum atomic E-state index is -0.681. The van der Waals surface area contributed by atoms with Crippen LogP contribution in [0.15, 0.2) is 42.6 Å². The molecule has 8 heteroatoms. The highest BCUT2D eigenvalue weighted by Gasteiger charge is 2.26. The van der Waals surface area contributed by atoms with E-state index in [2.05, 4.69) is 21.6 Å². The zero-order valence-corrected chi connectivity index (χ0v) is 16.4. The van der Waals surface area contributed by atoms with Gasteiger partial charge in [-0.05, 0) is 49.2 Å². The van der Waals surface area contributed by atoms with Crippen molar-refractivity contribution in [2.45, 2.75) is 19.9 Å². The van der Waals surface area contributed by atoms with Crippen molar-refractivity contribution in [2.24, 2.45) is 5.92 Å². The quantitative estimate of drug-likeness (QED) is 0.619. The van der Waals surface area contributed by atoms with Crippen molar-refractivity contribution in [3.05, 3.63) is 75.9 Å². The minimum Gasteiger partial charge on any atom is -0.344 e. The van der Waals surface area contributed by atoms with Gasteiger partial charge in [0.2, 0.25) is 0 Å². The average molecular weight is 415 g/mol. The Morgan fingerprint density at radius 2 is 2.00 bits per heavy atom.